The minimum Gasteiger partial charge on any atom is -0.454 e. The second kappa shape index (κ2) is 6.94. The second-order valence-corrected chi connectivity index (χ2v) is 10.7. The van der Waals surface area contributed by atoms with E-state index < -0.39 is 25.1 Å². The van der Waals surface area contributed by atoms with Crippen molar-refractivity contribution in [3.05, 3.63) is 41.3 Å². The Bertz CT molecular complexity index is 951. The van der Waals surface area contributed by atoms with E-state index in [9.17, 15) is 16.8 Å². The van der Waals surface area contributed by atoms with Crippen molar-refractivity contribution in [3.63, 3.8) is 0 Å². The number of thiophene rings is 1. The molecule has 10 heteroatoms. The zero-order chi connectivity index (χ0) is 18.1. The number of ether oxygens (including phenoxy) is 2. The van der Waals surface area contributed by atoms with Crippen molar-refractivity contribution in [1.29, 1.82) is 0 Å². The van der Waals surface area contributed by atoms with Crippen LogP contribution in [0.1, 0.15) is 17.7 Å². The number of fused-ring (bicyclic) bond motifs is 1. The third-order valence-corrected chi connectivity index (χ3v) is 8.69. The third kappa shape index (κ3) is 3.81. The smallest absolute Gasteiger partial charge is 0.231 e. The van der Waals surface area contributed by atoms with Crippen molar-refractivity contribution in [3.8, 4) is 11.5 Å². The maximum atomic E-state index is 13.0. The highest BCUT2D eigenvalue weighted by atomic mass is 32.2. The number of hydrogen-bond acceptors (Lipinski definition) is 7. The Hall–Kier alpha value is -1.62. The van der Waals surface area contributed by atoms with Gasteiger partial charge in [0, 0.05) is 6.54 Å². The van der Waals surface area contributed by atoms with Crippen LogP contribution in [-0.2, 0) is 19.9 Å². The number of sulfonamides is 1. The van der Waals surface area contributed by atoms with Gasteiger partial charge in [0.15, 0.2) is 21.3 Å². The summed E-state index contributed by atoms with van der Waals surface area (Å²) in [6, 6.07) is 7.98. The Kier molecular flexibility index (Phi) is 5.05. The normalized spacial score (nSPS) is 15.2. The largest absolute Gasteiger partial charge is 0.454 e. The average Bonchev–Trinajstić information content (AvgIpc) is 3.26. The molecule has 7 nitrogen and oxygen atoms in total. The zero-order valence-electron chi connectivity index (χ0n) is 13.3. The molecule has 1 aliphatic rings. The molecule has 0 spiro atoms. The van der Waals surface area contributed by atoms with Crippen LogP contribution in [0.15, 0.2) is 39.9 Å². The van der Waals surface area contributed by atoms with E-state index in [4.69, 9.17) is 9.47 Å². The highest BCUT2D eigenvalue weighted by molar-refractivity contribution is 7.93. The summed E-state index contributed by atoms with van der Waals surface area (Å²) in [6.07, 6.45) is 0. The Morgan fingerprint density at radius 2 is 1.92 bits per heavy atom. The van der Waals surface area contributed by atoms with Gasteiger partial charge in [-0.25, -0.2) is 21.6 Å². The van der Waals surface area contributed by atoms with E-state index in [0.717, 1.165) is 11.3 Å². The quantitative estimate of drug-likeness (QED) is 0.758. The van der Waals surface area contributed by atoms with Gasteiger partial charge >= 0.3 is 0 Å². The summed E-state index contributed by atoms with van der Waals surface area (Å²) in [5.41, 5.74) is 0.441. The average molecular weight is 404 g/mol. The topological polar surface area (TPSA) is 98.8 Å². The Labute approximate surface area is 150 Å². The molecule has 3 rings (SSSR count). The van der Waals surface area contributed by atoms with Crippen molar-refractivity contribution in [1.82, 2.24) is 4.72 Å². The first-order valence-electron chi connectivity index (χ1n) is 7.48. The Morgan fingerprint density at radius 3 is 2.60 bits per heavy atom. The SMILES string of the molecule is CCS(=O)(=O)NC[C@H](c1ccc2c(c1)OCO2)S(=O)(=O)c1cccs1. The molecule has 0 fully saturated rings. The van der Waals surface area contributed by atoms with Crippen molar-refractivity contribution >= 4 is 31.2 Å². The van der Waals surface area contributed by atoms with E-state index in [0.29, 0.717) is 17.1 Å². The van der Waals surface area contributed by atoms with E-state index in [1.807, 2.05) is 0 Å². The van der Waals surface area contributed by atoms with Crippen LogP contribution in [0.3, 0.4) is 0 Å². The third-order valence-electron chi connectivity index (χ3n) is 3.79. The summed E-state index contributed by atoms with van der Waals surface area (Å²) >= 11 is 1.10. The molecule has 2 heterocycles. The van der Waals surface area contributed by atoms with E-state index in [2.05, 4.69) is 4.72 Å². The summed E-state index contributed by atoms with van der Waals surface area (Å²) < 4.78 is 62.7. The number of rotatable bonds is 7. The maximum Gasteiger partial charge on any atom is 0.231 e. The van der Waals surface area contributed by atoms with Crippen LogP contribution in [0.25, 0.3) is 0 Å². The van der Waals surface area contributed by atoms with Crippen molar-refractivity contribution < 1.29 is 26.3 Å². The molecule has 136 valence electrons. The van der Waals surface area contributed by atoms with Gasteiger partial charge in [0.2, 0.25) is 16.8 Å². The summed E-state index contributed by atoms with van der Waals surface area (Å²) in [5, 5.41) is 0.599. The van der Waals surface area contributed by atoms with Crippen molar-refractivity contribution in [2.45, 2.75) is 16.4 Å². The van der Waals surface area contributed by atoms with Crippen LogP contribution in [0, 0.1) is 0 Å². The molecule has 0 unspecified atom stereocenters. The molecule has 0 amide bonds. The lowest BCUT2D eigenvalue weighted by Gasteiger charge is -2.18. The zero-order valence-corrected chi connectivity index (χ0v) is 15.8. The van der Waals surface area contributed by atoms with E-state index in [-0.39, 0.29) is 23.3 Å². The molecule has 2 aromatic rings. The van der Waals surface area contributed by atoms with Crippen LogP contribution in [0.2, 0.25) is 0 Å². The Morgan fingerprint density at radius 1 is 1.16 bits per heavy atom. The first kappa shape index (κ1) is 18.2. The molecular formula is C15H17NO6S3. The Balaban J connectivity index is 2.00. The highest BCUT2D eigenvalue weighted by Gasteiger charge is 2.32. The van der Waals surface area contributed by atoms with Crippen molar-refractivity contribution in [2.75, 3.05) is 19.1 Å². The van der Waals surface area contributed by atoms with Crippen LogP contribution < -0.4 is 14.2 Å². The lowest BCUT2D eigenvalue weighted by Crippen LogP contribution is -2.32. The number of benzene rings is 1. The summed E-state index contributed by atoms with van der Waals surface area (Å²) in [7, 11) is -7.29. The lowest BCUT2D eigenvalue weighted by molar-refractivity contribution is 0.174. The first-order valence-corrected chi connectivity index (χ1v) is 11.6. The van der Waals surface area contributed by atoms with Gasteiger partial charge in [0.05, 0.1) is 5.75 Å². The van der Waals surface area contributed by atoms with Gasteiger partial charge < -0.3 is 9.47 Å². The van der Waals surface area contributed by atoms with Crippen LogP contribution in [0.5, 0.6) is 11.5 Å². The predicted molar refractivity (Wildman–Crippen MR) is 94.3 cm³/mol. The molecule has 1 aromatic heterocycles. The van der Waals surface area contributed by atoms with Crippen LogP contribution >= 0.6 is 11.3 Å². The molecule has 0 radical (unpaired) electrons. The van der Waals surface area contributed by atoms with Crippen LogP contribution in [0.4, 0.5) is 0 Å². The van der Waals surface area contributed by atoms with Gasteiger partial charge in [-0.15, -0.1) is 11.3 Å². The van der Waals surface area contributed by atoms with Gasteiger partial charge in [-0.1, -0.05) is 12.1 Å². The second-order valence-electron chi connectivity index (χ2n) is 5.33. The molecule has 0 saturated carbocycles. The monoisotopic (exact) mass is 403 g/mol. The molecule has 0 bridgehead atoms. The molecule has 0 saturated heterocycles. The fraction of sp³-hybridized carbons (Fsp3) is 0.333. The van der Waals surface area contributed by atoms with Crippen molar-refractivity contribution in [2.24, 2.45) is 0 Å². The van der Waals surface area contributed by atoms with E-state index in [1.165, 1.54) is 13.0 Å². The molecule has 1 atom stereocenters. The van der Waals surface area contributed by atoms with Gasteiger partial charge in [-0.2, -0.15) is 0 Å². The van der Waals surface area contributed by atoms with Gasteiger partial charge in [0.1, 0.15) is 9.46 Å². The molecule has 1 N–H and O–H groups in total. The first-order chi connectivity index (χ1) is 11.8. The molecule has 1 aliphatic heterocycles. The fourth-order valence-electron chi connectivity index (χ4n) is 2.39. The molecular weight excluding hydrogens is 386 g/mol. The molecule has 0 aliphatic carbocycles. The summed E-state index contributed by atoms with van der Waals surface area (Å²) in [5.74, 6) is 0.854. The van der Waals surface area contributed by atoms with E-state index >= 15 is 0 Å². The van der Waals surface area contributed by atoms with E-state index in [1.54, 1.807) is 29.6 Å². The summed E-state index contributed by atoms with van der Waals surface area (Å²) in [6.45, 7) is 1.31. The fourth-order valence-corrected chi connectivity index (χ4v) is 5.98. The molecule has 1 aromatic carbocycles. The standard InChI is InChI=1S/C15H17NO6S3/c1-2-24(17,18)16-9-14(25(19,20)15-4-3-7-23-15)11-5-6-12-13(8-11)22-10-21-12/h3-8,14,16H,2,9-10H2,1H3/t14-/m1/s1. The number of sulfone groups is 1. The number of nitrogens with one attached hydrogen (secondary N) is 1. The molecule has 25 heavy (non-hydrogen) atoms. The summed E-state index contributed by atoms with van der Waals surface area (Å²) in [4.78, 5) is 0. The minimum absolute atomic E-state index is 0.0730. The number of hydrogen-bond donors (Lipinski definition) is 1. The van der Waals surface area contributed by atoms with Gasteiger partial charge in [-0.3, -0.25) is 0 Å². The minimum atomic E-state index is -3.76. The van der Waals surface area contributed by atoms with Crippen LogP contribution in [-0.4, -0.2) is 35.9 Å². The lowest BCUT2D eigenvalue weighted by atomic mass is 10.1. The maximum absolute atomic E-state index is 13.0. The van der Waals surface area contributed by atoms with Gasteiger partial charge in [-0.05, 0) is 36.1 Å². The highest BCUT2D eigenvalue weighted by Crippen LogP contribution is 2.38. The predicted octanol–water partition coefficient (Wildman–Crippen LogP) is 1.93. The van der Waals surface area contributed by atoms with Gasteiger partial charge in [0.25, 0.3) is 0 Å².